The number of aliphatic carboxylic acids is 1. The standard InChI is InChI=1S/C22H20ClN3O4S/c23-15-2-3-17-16(10-15)20(31-11-13-1-4-18-19(9-13)30-12-29-18)25-22(24-17)26-7-5-14(6-8-26)21(27)28/h1-4,9-10,14H,5-8,11-12H2,(H,27,28). The van der Waals surface area contributed by atoms with Crippen LogP contribution in [0, 0.1) is 5.92 Å². The van der Waals surface area contributed by atoms with E-state index in [1.165, 1.54) is 0 Å². The molecule has 5 rings (SSSR count). The largest absolute Gasteiger partial charge is 0.481 e. The lowest BCUT2D eigenvalue weighted by Gasteiger charge is -2.30. The van der Waals surface area contributed by atoms with Crippen molar-refractivity contribution in [2.75, 3.05) is 24.8 Å². The zero-order valence-electron chi connectivity index (χ0n) is 16.6. The molecule has 1 fully saturated rings. The SMILES string of the molecule is O=C(O)C1CCN(c2nc(SCc3ccc4c(c3)OCO4)c3cc(Cl)ccc3n2)CC1. The summed E-state index contributed by atoms with van der Waals surface area (Å²) in [7, 11) is 0. The zero-order chi connectivity index (χ0) is 21.4. The summed E-state index contributed by atoms with van der Waals surface area (Å²) in [5.74, 6) is 1.84. The maximum Gasteiger partial charge on any atom is 0.306 e. The molecule has 160 valence electrons. The first-order valence-corrected chi connectivity index (χ1v) is 11.4. The van der Waals surface area contributed by atoms with Crippen LogP contribution in [0.15, 0.2) is 41.4 Å². The minimum absolute atomic E-state index is 0.253. The Labute approximate surface area is 188 Å². The Balaban J connectivity index is 1.42. The molecule has 1 saturated heterocycles. The second kappa shape index (κ2) is 8.43. The van der Waals surface area contributed by atoms with E-state index < -0.39 is 5.97 Å². The van der Waals surface area contributed by atoms with Crippen LogP contribution in [0.3, 0.4) is 0 Å². The molecule has 31 heavy (non-hydrogen) atoms. The Morgan fingerprint density at radius 1 is 1.13 bits per heavy atom. The van der Waals surface area contributed by atoms with Gasteiger partial charge in [0.05, 0.1) is 11.4 Å². The van der Waals surface area contributed by atoms with Gasteiger partial charge >= 0.3 is 5.97 Å². The normalized spacial score (nSPS) is 16.1. The fraction of sp³-hybridized carbons (Fsp3) is 0.318. The molecular weight excluding hydrogens is 438 g/mol. The van der Waals surface area contributed by atoms with Gasteiger partial charge < -0.3 is 19.5 Å². The molecule has 2 aromatic carbocycles. The Morgan fingerprint density at radius 2 is 1.94 bits per heavy atom. The van der Waals surface area contributed by atoms with Gasteiger partial charge in [-0.3, -0.25) is 4.79 Å². The number of carboxylic acids is 1. The van der Waals surface area contributed by atoms with Gasteiger partial charge in [0.2, 0.25) is 12.7 Å². The van der Waals surface area contributed by atoms with Gasteiger partial charge in [0, 0.05) is 29.3 Å². The van der Waals surface area contributed by atoms with Crippen LogP contribution in [0.4, 0.5) is 5.95 Å². The Kier molecular flexibility index (Phi) is 5.50. The maximum absolute atomic E-state index is 11.3. The summed E-state index contributed by atoms with van der Waals surface area (Å²) in [5.41, 5.74) is 1.93. The van der Waals surface area contributed by atoms with E-state index in [9.17, 15) is 9.90 Å². The number of hydrogen-bond donors (Lipinski definition) is 1. The summed E-state index contributed by atoms with van der Waals surface area (Å²) in [4.78, 5) is 22.9. The average Bonchev–Trinajstić information content (AvgIpc) is 3.25. The lowest BCUT2D eigenvalue weighted by atomic mass is 9.97. The van der Waals surface area contributed by atoms with Gasteiger partial charge in [-0.2, -0.15) is 0 Å². The van der Waals surface area contributed by atoms with Crippen LogP contribution in [-0.2, 0) is 10.5 Å². The minimum atomic E-state index is -0.728. The fourth-order valence-corrected chi connectivity index (χ4v) is 4.94. The zero-order valence-corrected chi connectivity index (χ0v) is 18.2. The van der Waals surface area contributed by atoms with Crippen molar-refractivity contribution in [2.24, 2.45) is 5.92 Å². The van der Waals surface area contributed by atoms with E-state index >= 15 is 0 Å². The van der Waals surface area contributed by atoms with Crippen molar-refractivity contribution in [1.82, 2.24) is 9.97 Å². The van der Waals surface area contributed by atoms with E-state index in [0.29, 0.717) is 42.7 Å². The van der Waals surface area contributed by atoms with Gasteiger partial charge in [-0.25, -0.2) is 9.97 Å². The number of carboxylic acid groups (broad SMARTS) is 1. The van der Waals surface area contributed by atoms with Gasteiger partial charge in [0.25, 0.3) is 0 Å². The summed E-state index contributed by atoms with van der Waals surface area (Å²) in [6.07, 6.45) is 1.19. The molecule has 3 aromatic rings. The van der Waals surface area contributed by atoms with E-state index in [1.807, 2.05) is 36.4 Å². The van der Waals surface area contributed by atoms with E-state index in [0.717, 1.165) is 33.0 Å². The van der Waals surface area contributed by atoms with Crippen LogP contribution in [0.25, 0.3) is 10.9 Å². The van der Waals surface area contributed by atoms with Gasteiger partial charge in [-0.15, -0.1) is 11.8 Å². The number of ether oxygens (including phenoxy) is 2. The second-order valence-corrected chi connectivity index (χ2v) is 8.97. The number of carbonyl (C=O) groups is 1. The molecule has 1 aromatic heterocycles. The molecule has 9 heteroatoms. The minimum Gasteiger partial charge on any atom is -0.481 e. The first-order valence-electron chi connectivity index (χ1n) is 10.0. The van der Waals surface area contributed by atoms with Crippen molar-refractivity contribution in [3.63, 3.8) is 0 Å². The first kappa shape index (κ1) is 20.2. The highest BCUT2D eigenvalue weighted by atomic mass is 35.5. The fourth-order valence-electron chi connectivity index (χ4n) is 3.82. The second-order valence-electron chi connectivity index (χ2n) is 7.57. The number of nitrogens with zero attached hydrogens (tertiary/aromatic N) is 3. The summed E-state index contributed by atoms with van der Waals surface area (Å²) in [6.45, 7) is 1.51. The molecular formula is C22H20ClN3O4S. The monoisotopic (exact) mass is 457 g/mol. The van der Waals surface area contributed by atoms with Crippen LogP contribution in [0.2, 0.25) is 5.02 Å². The van der Waals surface area contributed by atoms with Crippen LogP contribution in [0.1, 0.15) is 18.4 Å². The summed E-state index contributed by atoms with van der Waals surface area (Å²) >= 11 is 7.86. The van der Waals surface area contributed by atoms with Gasteiger partial charge in [0.1, 0.15) is 5.03 Å². The van der Waals surface area contributed by atoms with Crippen molar-refractivity contribution < 1.29 is 19.4 Å². The third kappa shape index (κ3) is 4.22. The van der Waals surface area contributed by atoms with E-state index in [2.05, 4.69) is 4.90 Å². The van der Waals surface area contributed by atoms with Gasteiger partial charge in [0.15, 0.2) is 11.5 Å². The van der Waals surface area contributed by atoms with Crippen LogP contribution >= 0.6 is 23.4 Å². The Morgan fingerprint density at radius 3 is 2.74 bits per heavy atom. The molecule has 2 aliphatic heterocycles. The number of anilines is 1. The highest BCUT2D eigenvalue weighted by Gasteiger charge is 2.26. The molecule has 0 amide bonds. The number of fused-ring (bicyclic) bond motifs is 2. The molecule has 0 saturated carbocycles. The number of benzene rings is 2. The van der Waals surface area contributed by atoms with Crippen molar-refractivity contribution in [3.8, 4) is 11.5 Å². The Hall–Kier alpha value is -2.71. The first-order chi connectivity index (χ1) is 15.1. The predicted molar refractivity (Wildman–Crippen MR) is 119 cm³/mol. The van der Waals surface area contributed by atoms with Crippen LogP contribution < -0.4 is 14.4 Å². The van der Waals surface area contributed by atoms with Gasteiger partial charge in [-0.05, 0) is 48.7 Å². The number of rotatable bonds is 5. The van der Waals surface area contributed by atoms with E-state index in [4.69, 9.17) is 31.0 Å². The lowest BCUT2D eigenvalue weighted by molar-refractivity contribution is -0.142. The molecule has 3 heterocycles. The Bertz CT molecular complexity index is 1150. The van der Waals surface area contributed by atoms with Crippen molar-refractivity contribution in [2.45, 2.75) is 23.6 Å². The molecule has 0 radical (unpaired) electrons. The van der Waals surface area contributed by atoms with Crippen molar-refractivity contribution in [3.05, 3.63) is 47.0 Å². The van der Waals surface area contributed by atoms with E-state index in [1.54, 1.807) is 11.8 Å². The lowest BCUT2D eigenvalue weighted by Crippen LogP contribution is -2.37. The maximum atomic E-state index is 11.3. The third-order valence-electron chi connectivity index (χ3n) is 5.55. The van der Waals surface area contributed by atoms with Crippen molar-refractivity contribution in [1.29, 1.82) is 0 Å². The summed E-state index contributed by atoms with van der Waals surface area (Å²) < 4.78 is 10.9. The molecule has 0 aliphatic carbocycles. The number of hydrogen-bond acceptors (Lipinski definition) is 7. The molecule has 0 bridgehead atoms. The number of thioether (sulfide) groups is 1. The molecule has 2 aliphatic rings. The van der Waals surface area contributed by atoms with E-state index in [-0.39, 0.29) is 12.7 Å². The molecule has 0 spiro atoms. The van der Waals surface area contributed by atoms with Crippen LogP contribution in [-0.4, -0.2) is 40.9 Å². The summed E-state index contributed by atoms with van der Waals surface area (Å²) in [6, 6.07) is 11.5. The molecule has 7 nitrogen and oxygen atoms in total. The predicted octanol–water partition coefficient (Wildman–Crippen LogP) is 4.61. The summed E-state index contributed by atoms with van der Waals surface area (Å²) in [5, 5.41) is 11.6. The average molecular weight is 458 g/mol. The van der Waals surface area contributed by atoms with Crippen LogP contribution in [0.5, 0.6) is 11.5 Å². The number of aromatic nitrogens is 2. The van der Waals surface area contributed by atoms with Crippen molar-refractivity contribution >= 4 is 46.2 Å². The smallest absolute Gasteiger partial charge is 0.306 e. The van der Waals surface area contributed by atoms with Gasteiger partial charge in [-0.1, -0.05) is 17.7 Å². The quantitative estimate of drug-likeness (QED) is 0.439. The highest BCUT2D eigenvalue weighted by Crippen LogP contribution is 2.36. The number of halogens is 1. The number of piperidine rings is 1. The topological polar surface area (TPSA) is 84.8 Å². The molecule has 1 N–H and O–H groups in total. The molecule has 0 unspecified atom stereocenters. The highest BCUT2D eigenvalue weighted by molar-refractivity contribution is 7.98. The third-order valence-corrected chi connectivity index (χ3v) is 6.85. The molecule has 0 atom stereocenters.